The molecule has 0 unspecified atom stereocenters. The van der Waals surface area contributed by atoms with Crippen molar-refractivity contribution in [1.82, 2.24) is 9.97 Å². The first-order valence-corrected chi connectivity index (χ1v) is 10.4. The van der Waals surface area contributed by atoms with E-state index in [0.717, 1.165) is 67.0 Å². The highest BCUT2D eigenvalue weighted by Crippen LogP contribution is 2.29. The third-order valence-corrected chi connectivity index (χ3v) is 5.95. The lowest BCUT2D eigenvalue weighted by atomic mass is 10.2. The van der Waals surface area contributed by atoms with Gasteiger partial charge in [-0.25, -0.2) is 4.98 Å². The summed E-state index contributed by atoms with van der Waals surface area (Å²) in [4.78, 5) is 17.0. The second-order valence-corrected chi connectivity index (χ2v) is 7.95. The van der Waals surface area contributed by atoms with Crippen LogP contribution in [0.4, 0.5) is 17.5 Å². The normalized spacial score (nSPS) is 17.5. The van der Waals surface area contributed by atoms with Crippen molar-refractivity contribution in [2.45, 2.75) is 12.8 Å². The Morgan fingerprint density at radius 1 is 0.714 bits per heavy atom. The fourth-order valence-corrected chi connectivity index (χ4v) is 4.38. The van der Waals surface area contributed by atoms with Crippen LogP contribution in [0.1, 0.15) is 12.8 Å². The summed E-state index contributed by atoms with van der Waals surface area (Å²) in [6, 6.07) is 16.5. The minimum Gasteiger partial charge on any atom is -0.368 e. The summed E-state index contributed by atoms with van der Waals surface area (Å²) in [6.07, 6.45) is 2.48. The third kappa shape index (κ3) is 3.35. The quantitative estimate of drug-likeness (QED) is 0.666. The molecule has 0 spiro atoms. The van der Waals surface area contributed by atoms with Gasteiger partial charge in [0.15, 0.2) is 0 Å². The first-order chi connectivity index (χ1) is 13.8. The molecule has 6 heteroatoms. The van der Waals surface area contributed by atoms with E-state index in [4.69, 9.17) is 21.6 Å². The van der Waals surface area contributed by atoms with Crippen LogP contribution in [0.25, 0.3) is 10.9 Å². The van der Waals surface area contributed by atoms with Gasteiger partial charge in [0.25, 0.3) is 0 Å². The van der Waals surface area contributed by atoms with Crippen molar-refractivity contribution in [3.8, 4) is 0 Å². The lowest BCUT2D eigenvalue weighted by molar-refractivity contribution is 0.641. The molecule has 1 aromatic heterocycles. The van der Waals surface area contributed by atoms with Gasteiger partial charge in [0.05, 0.1) is 5.52 Å². The van der Waals surface area contributed by atoms with Gasteiger partial charge >= 0.3 is 0 Å². The minimum absolute atomic E-state index is 0.785. The van der Waals surface area contributed by atoms with Crippen molar-refractivity contribution in [1.29, 1.82) is 0 Å². The maximum Gasteiger partial charge on any atom is 0.228 e. The fraction of sp³-hybridized carbons (Fsp3) is 0.364. The van der Waals surface area contributed by atoms with Crippen molar-refractivity contribution in [2.75, 3.05) is 54.0 Å². The summed E-state index contributed by atoms with van der Waals surface area (Å²) in [6.45, 7) is 5.87. The van der Waals surface area contributed by atoms with Gasteiger partial charge in [0.1, 0.15) is 5.82 Å². The van der Waals surface area contributed by atoms with Gasteiger partial charge in [0.2, 0.25) is 5.95 Å². The van der Waals surface area contributed by atoms with Gasteiger partial charge in [-0.3, -0.25) is 0 Å². The third-order valence-electron chi connectivity index (χ3n) is 5.71. The highest BCUT2D eigenvalue weighted by molar-refractivity contribution is 6.30. The van der Waals surface area contributed by atoms with Gasteiger partial charge in [-0.2, -0.15) is 4.98 Å². The van der Waals surface area contributed by atoms with Crippen LogP contribution < -0.4 is 14.7 Å². The number of benzene rings is 2. The standard InChI is InChI=1S/C22H24ClN5/c23-17-6-5-7-18(16-17)26-12-14-28(15-13-26)22-24-20-9-2-1-8-19(20)21(25-22)27-10-3-4-11-27/h1-2,5-9,16H,3-4,10-15H2. The lowest BCUT2D eigenvalue weighted by Gasteiger charge is -2.36. The Kier molecular flexibility index (Phi) is 4.69. The molecule has 2 fully saturated rings. The number of nitrogens with zero attached hydrogens (tertiary/aromatic N) is 5. The van der Waals surface area contributed by atoms with Crippen molar-refractivity contribution in [2.24, 2.45) is 0 Å². The van der Waals surface area contributed by atoms with Crippen LogP contribution in [0.3, 0.4) is 0 Å². The van der Waals surface area contributed by atoms with Crippen LogP contribution in [-0.2, 0) is 0 Å². The van der Waals surface area contributed by atoms with E-state index >= 15 is 0 Å². The molecular formula is C22H24ClN5. The second kappa shape index (κ2) is 7.47. The Morgan fingerprint density at radius 3 is 2.25 bits per heavy atom. The van der Waals surface area contributed by atoms with Gasteiger partial charge in [-0.15, -0.1) is 0 Å². The second-order valence-electron chi connectivity index (χ2n) is 7.51. The van der Waals surface area contributed by atoms with E-state index in [2.05, 4.69) is 45.0 Å². The predicted molar refractivity (Wildman–Crippen MR) is 117 cm³/mol. The summed E-state index contributed by atoms with van der Waals surface area (Å²) in [7, 11) is 0. The Bertz CT molecular complexity index is 978. The summed E-state index contributed by atoms with van der Waals surface area (Å²) in [5.74, 6) is 1.95. The highest BCUT2D eigenvalue weighted by Gasteiger charge is 2.23. The Hall–Kier alpha value is -2.53. The molecule has 2 saturated heterocycles. The fourth-order valence-electron chi connectivity index (χ4n) is 4.20. The monoisotopic (exact) mass is 393 g/mol. The van der Waals surface area contributed by atoms with Crippen molar-refractivity contribution in [3.63, 3.8) is 0 Å². The molecule has 3 heterocycles. The van der Waals surface area contributed by atoms with Crippen LogP contribution in [0.5, 0.6) is 0 Å². The van der Waals surface area contributed by atoms with E-state index in [9.17, 15) is 0 Å². The Morgan fingerprint density at radius 2 is 1.46 bits per heavy atom. The molecule has 2 aliphatic heterocycles. The van der Waals surface area contributed by atoms with E-state index in [-0.39, 0.29) is 0 Å². The molecule has 5 rings (SSSR count). The molecule has 0 radical (unpaired) electrons. The number of hydrogen-bond acceptors (Lipinski definition) is 5. The summed E-state index contributed by atoms with van der Waals surface area (Å²) >= 11 is 6.16. The maximum atomic E-state index is 6.16. The van der Waals surface area contributed by atoms with Crippen LogP contribution in [0, 0.1) is 0 Å². The van der Waals surface area contributed by atoms with E-state index in [0.29, 0.717) is 0 Å². The number of fused-ring (bicyclic) bond motifs is 1. The summed E-state index contributed by atoms with van der Waals surface area (Å²) < 4.78 is 0. The van der Waals surface area contributed by atoms with Crippen LogP contribution in [0.15, 0.2) is 48.5 Å². The lowest BCUT2D eigenvalue weighted by Crippen LogP contribution is -2.47. The summed E-state index contributed by atoms with van der Waals surface area (Å²) in [5, 5.41) is 1.94. The molecule has 0 N–H and O–H groups in total. The molecule has 144 valence electrons. The van der Waals surface area contributed by atoms with Crippen LogP contribution >= 0.6 is 11.6 Å². The molecular weight excluding hydrogens is 370 g/mol. The van der Waals surface area contributed by atoms with Crippen molar-refractivity contribution < 1.29 is 0 Å². The number of piperazine rings is 1. The molecule has 0 atom stereocenters. The van der Waals surface area contributed by atoms with E-state index in [1.807, 2.05) is 18.2 Å². The van der Waals surface area contributed by atoms with Crippen molar-refractivity contribution in [3.05, 3.63) is 53.6 Å². The molecule has 2 aromatic carbocycles. The smallest absolute Gasteiger partial charge is 0.228 e. The first kappa shape index (κ1) is 17.6. The number of anilines is 3. The van der Waals surface area contributed by atoms with Crippen LogP contribution in [-0.4, -0.2) is 49.2 Å². The minimum atomic E-state index is 0.785. The number of rotatable bonds is 3. The van der Waals surface area contributed by atoms with Gasteiger partial charge < -0.3 is 14.7 Å². The first-order valence-electron chi connectivity index (χ1n) is 10.1. The zero-order chi connectivity index (χ0) is 18.9. The molecule has 0 amide bonds. The largest absolute Gasteiger partial charge is 0.368 e. The number of halogens is 1. The number of aromatic nitrogens is 2. The average molecular weight is 394 g/mol. The topological polar surface area (TPSA) is 35.5 Å². The molecule has 0 saturated carbocycles. The van der Waals surface area contributed by atoms with E-state index in [1.54, 1.807) is 0 Å². The van der Waals surface area contributed by atoms with Gasteiger partial charge in [-0.05, 0) is 43.2 Å². The molecule has 5 nitrogen and oxygen atoms in total. The predicted octanol–water partition coefficient (Wildman–Crippen LogP) is 4.21. The SMILES string of the molecule is Clc1cccc(N2CCN(c3nc(N4CCCC4)c4ccccc4n3)CC2)c1. The number of hydrogen-bond donors (Lipinski definition) is 0. The Balaban J connectivity index is 1.41. The van der Waals surface area contributed by atoms with Crippen LogP contribution in [0.2, 0.25) is 5.02 Å². The van der Waals surface area contributed by atoms with Gasteiger partial charge in [0, 0.05) is 55.4 Å². The number of para-hydroxylation sites is 1. The molecule has 0 bridgehead atoms. The molecule has 28 heavy (non-hydrogen) atoms. The van der Waals surface area contributed by atoms with E-state index < -0.39 is 0 Å². The molecule has 2 aliphatic rings. The van der Waals surface area contributed by atoms with Crippen molar-refractivity contribution >= 4 is 40.0 Å². The molecule has 0 aliphatic carbocycles. The van der Waals surface area contributed by atoms with E-state index in [1.165, 1.54) is 18.5 Å². The van der Waals surface area contributed by atoms with Gasteiger partial charge in [-0.1, -0.05) is 29.8 Å². The zero-order valence-electron chi connectivity index (χ0n) is 15.9. The summed E-state index contributed by atoms with van der Waals surface area (Å²) in [5.41, 5.74) is 2.22. The maximum absolute atomic E-state index is 6.16. The molecule has 3 aromatic rings. The average Bonchev–Trinajstić information content (AvgIpc) is 3.28. The Labute approximate surface area is 170 Å². The highest BCUT2D eigenvalue weighted by atomic mass is 35.5. The zero-order valence-corrected chi connectivity index (χ0v) is 16.6.